The Bertz CT molecular complexity index is 527. The smallest absolute Gasteiger partial charge is 0.245 e. The average molecular weight is 303 g/mol. The Morgan fingerprint density at radius 3 is 2.68 bits per heavy atom. The number of nitrogens with zero attached hydrogens (tertiary/aromatic N) is 2. The maximum Gasteiger partial charge on any atom is 0.245 e. The van der Waals surface area contributed by atoms with E-state index in [1.54, 1.807) is 16.8 Å². The van der Waals surface area contributed by atoms with Crippen molar-refractivity contribution < 1.29 is 9.59 Å². The van der Waals surface area contributed by atoms with Crippen LogP contribution < -0.4 is 5.32 Å². The summed E-state index contributed by atoms with van der Waals surface area (Å²) in [4.78, 5) is 28.1. The van der Waals surface area contributed by atoms with E-state index in [1.807, 2.05) is 38.2 Å². The number of carbonyl (C=O) groups excluding carboxylic acids is 2. The molecule has 1 aliphatic rings. The van der Waals surface area contributed by atoms with Gasteiger partial charge in [0.05, 0.1) is 0 Å². The summed E-state index contributed by atoms with van der Waals surface area (Å²) in [6.07, 6.45) is 1.08. The van der Waals surface area contributed by atoms with Crippen molar-refractivity contribution in [2.45, 2.75) is 32.4 Å². The van der Waals surface area contributed by atoms with Gasteiger partial charge in [-0.2, -0.15) is 0 Å². The van der Waals surface area contributed by atoms with Crippen LogP contribution in [0, 0.1) is 6.92 Å². The number of amides is 2. The summed E-state index contributed by atoms with van der Waals surface area (Å²) in [7, 11) is 3.66. The molecule has 1 heterocycles. The standard InChI is InChI=1S/C17H25N3O2/c1-13-4-6-14(7-5-13)12-20-15(8-9-16(20)21)17(22)19(3)11-10-18-2/h4-7,15,18H,8-12H2,1-3H3. The minimum Gasteiger partial charge on any atom is -0.343 e. The van der Waals surface area contributed by atoms with E-state index in [1.165, 1.54) is 5.56 Å². The third kappa shape index (κ3) is 3.85. The topological polar surface area (TPSA) is 52.7 Å². The van der Waals surface area contributed by atoms with E-state index in [9.17, 15) is 9.59 Å². The van der Waals surface area contributed by atoms with Crippen molar-refractivity contribution in [3.63, 3.8) is 0 Å². The summed E-state index contributed by atoms with van der Waals surface area (Å²) in [5.74, 6) is 0.106. The molecule has 0 aliphatic carbocycles. The molecule has 5 heteroatoms. The second-order valence-corrected chi connectivity index (χ2v) is 5.93. The Labute approximate surface area is 132 Å². The van der Waals surface area contributed by atoms with Crippen molar-refractivity contribution in [2.24, 2.45) is 0 Å². The molecule has 2 amide bonds. The van der Waals surface area contributed by atoms with Crippen LogP contribution in [0.5, 0.6) is 0 Å². The lowest BCUT2D eigenvalue weighted by molar-refractivity contribution is -0.140. The molecule has 2 rings (SSSR count). The minimum atomic E-state index is -0.323. The fourth-order valence-corrected chi connectivity index (χ4v) is 2.72. The SMILES string of the molecule is CNCCN(C)C(=O)C1CCC(=O)N1Cc1ccc(C)cc1. The first kappa shape index (κ1) is 16.5. The molecule has 1 saturated heterocycles. The lowest BCUT2D eigenvalue weighted by Gasteiger charge is -2.28. The van der Waals surface area contributed by atoms with Gasteiger partial charge >= 0.3 is 0 Å². The Hall–Kier alpha value is -1.88. The van der Waals surface area contributed by atoms with Crippen LogP contribution >= 0.6 is 0 Å². The fraction of sp³-hybridized carbons (Fsp3) is 0.529. The van der Waals surface area contributed by atoms with Gasteiger partial charge in [0.2, 0.25) is 11.8 Å². The van der Waals surface area contributed by atoms with Crippen LogP contribution in [0.25, 0.3) is 0 Å². The number of carbonyl (C=O) groups is 2. The first-order valence-electron chi connectivity index (χ1n) is 7.77. The van der Waals surface area contributed by atoms with E-state index in [2.05, 4.69) is 5.32 Å². The molecule has 1 aromatic rings. The summed E-state index contributed by atoms with van der Waals surface area (Å²) in [5, 5.41) is 3.03. The number of nitrogens with one attached hydrogen (secondary N) is 1. The molecule has 1 unspecified atom stereocenters. The lowest BCUT2D eigenvalue weighted by atomic mass is 10.1. The predicted molar refractivity (Wildman–Crippen MR) is 86.3 cm³/mol. The third-order valence-corrected chi connectivity index (χ3v) is 4.16. The van der Waals surface area contributed by atoms with Gasteiger partial charge in [-0.05, 0) is 26.0 Å². The average Bonchev–Trinajstić information content (AvgIpc) is 2.87. The fourth-order valence-electron chi connectivity index (χ4n) is 2.72. The summed E-state index contributed by atoms with van der Waals surface area (Å²) >= 11 is 0. The van der Waals surface area contributed by atoms with Gasteiger partial charge in [-0.1, -0.05) is 29.8 Å². The molecule has 1 N–H and O–H groups in total. The van der Waals surface area contributed by atoms with E-state index in [-0.39, 0.29) is 17.9 Å². The Balaban J connectivity index is 2.05. The van der Waals surface area contributed by atoms with Gasteiger partial charge in [0.25, 0.3) is 0 Å². The second-order valence-electron chi connectivity index (χ2n) is 5.93. The van der Waals surface area contributed by atoms with E-state index in [4.69, 9.17) is 0 Å². The number of hydrogen-bond donors (Lipinski definition) is 1. The molecule has 1 aliphatic heterocycles. The Kier molecular flexibility index (Phi) is 5.55. The maximum atomic E-state index is 12.6. The minimum absolute atomic E-state index is 0.0354. The molecule has 120 valence electrons. The van der Waals surface area contributed by atoms with Crippen LogP contribution in [0.3, 0.4) is 0 Å². The van der Waals surface area contributed by atoms with Gasteiger partial charge in [-0.25, -0.2) is 0 Å². The molecule has 22 heavy (non-hydrogen) atoms. The zero-order chi connectivity index (χ0) is 16.1. The number of likely N-dealkylation sites (N-methyl/N-ethyl adjacent to an activating group) is 2. The van der Waals surface area contributed by atoms with E-state index >= 15 is 0 Å². The van der Waals surface area contributed by atoms with Gasteiger partial charge in [-0.3, -0.25) is 9.59 Å². The molecular weight excluding hydrogens is 278 g/mol. The maximum absolute atomic E-state index is 12.6. The molecule has 0 radical (unpaired) electrons. The van der Waals surface area contributed by atoms with Crippen LogP contribution in [0.2, 0.25) is 0 Å². The predicted octanol–water partition coefficient (Wildman–Crippen LogP) is 1.16. The summed E-state index contributed by atoms with van der Waals surface area (Å²) in [5.41, 5.74) is 2.26. The summed E-state index contributed by atoms with van der Waals surface area (Å²) in [6.45, 7) is 3.95. The summed E-state index contributed by atoms with van der Waals surface area (Å²) in [6, 6.07) is 7.79. The molecule has 0 aromatic heterocycles. The van der Waals surface area contributed by atoms with Crippen molar-refractivity contribution in [2.75, 3.05) is 27.2 Å². The molecular formula is C17H25N3O2. The molecule has 1 atom stereocenters. The highest BCUT2D eigenvalue weighted by molar-refractivity contribution is 5.90. The van der Waals surface area contributed by atoms with Crippen molar-refractivity contribution in [1.82, 2.24) is 15.1 Å². The van der Waals surface area contributed by atoms with Gasteiger partial charge in [0.15, 0.2) is 0 Å². The highest BCUT2D eigenvalue weighted by Gasteiger charge is 2.37. The van der Waals surface area contributed by atoms with Gasteiger partial charge in [-0.15, -0.1) is 0 Å². The molecule has 1 aromatic carbocycles. The van der Waals surface area contributed by atoms with Crippen molar-refractivity contribution in [3.8, 4) is 0 Å². The van der Waals surface area contributed by atoms with Crippen LogP contribution in [-0.2, 0) is 16.1 Å². The zero-order valence-electron chi connectivity index (χ0n) is 13.6. The monoisotopic (exact) mass is 303 g/mol. The molecule has 0 spiro atoms. The second kappa shape index (κ2) is 7.40. The van der Waals surface area contributed by atoms with Gasteiger partial charge in [0, 0.05) is 33.1 Å². The highest BCUT2D eigenvalue weighted by atomic mass is 16.2. The number of likely N-dealkylation sites (tertiary alicyclic amines) is 1. The first-order chi connectivity index (χ1) is 10.5. The van der Waals surface area contributed by atoms with Crippen molar-refractivity contribution >= 4 is 11.8 Å². The van der Waals surface area contributed by atoms with Crippen molar-refractivity contribution in [3.05, 3.63) is 35.4 Å². The quantitative estimate of drug-likeness (QED) is 0.858. The largest absolute Gasteiger partial charge is 0.343 e. The van der Waals surface area contributed by atoms with E-state index in [0.29, 0.717) is 25.9 Å². The van der Waals surface area contributed by atoms with E-state index < -0.39 is 0 Å². The van der Waals surface area contributed by atoms with Gasteiger partial charge in [0.1, 0.15) is 6.04 Å². The summed E-state index contributed by atoms with van der Waals surface area (Å²) < 4.78 is 0. The molecule has 1 fully saturated rings. The Morgan fingerprint density at radius 1 is 1.36 bits per heavy atom. The zero-order valence-corrected chi connectivity index (χ0v) is 13.6. The third-order valence-electron chi connectivity index (χ3n) is 4.16. The number of hydrogen-bond acceptors (Lipinski definition) is 3. The lowest BCUT2D eigenvalue weighted by Crippen LogP contribution is -2.46. The van der Waals surface area contributed by atoms with Gasteiger partial charge < -0.3 is 15.1 Å². The normalized spacial score (nSPS) is 17.9. The molecule has 0 saturated carbocycles. The highest BCUT2D eigenvalue weighted by Crippen LogP contribution is 2.23. The number of rotatable bonds is 6. The van der Waals surface area contributed by atoms with Crippen LogP contribution in [0.4, 0.5) is 0 Å². The van der Waals surface area contributed by atoms with Crippen LogP contribution in [0.1, 0.15) is 24.0 Å². The van der Waals surface area contributed by atoms with E-state index in [0.717, 1.165) is 12.1 Å². The van der Waals surface area contributed by atoms with Crippen molar-refractivity contribution in [1.29, 1.82) is 0 Å². The Morgan fingerprint density at radius 2 is 2.05 bits per heavy atom. The molecule has 5 nitrogen and oxygen atoms in total. The molecule has 0 bridgehead atoms. The van der Waals surface area contributed by atoms with Crippen LogP contribution in [-0.4, -0.2) is 54.8 Å². The number of benzene rings is 1. The van der Waals surface area contributed by atoms with Crippen LogP contribution in [0.15, 0.2) is 24.3 Å². The number of aryl methyl sites for hydroxylation is 1. The first-order valence-corrected chi connectivity index (χ1v) is 7.77.